The molecule has 1 aromatic carbocycles. The summed E-state index contributed by atoms with van der Waals surface area (Å²) in [5.41, 5.74) is 0. The average molecular weight is 347 g/mol. The van der Waals surface area contributed by atoms with Crippen LogP contribution in [0.5, 0.6) is 0 Å². The predicted octanol–water partition coefficient (Wildman–Crippen LogP) is 3.17. The first kappa shape index (κ1) is 16.5. The summed E-state index contributed by atoms with van der Waals surface area (Å²) in [6, 6.07) is 5.42. The summed E-state index contributed by atoms with van der Waals surface area (Å²) in [5, 5.41) is 7.97. The van der Waals surface area contributed by atoms with Gasteiger partial charge in [-0.05, 0) is 12.1 Å². The number of halogens is 2. The van der Waals surface area contributed by atoms with Crippen LogP contribution in [0.1, 0.15) is 9.67 Å². The lowest BCUT2D eigenvalue weighted by Crippen LogP contribution is -2.32. The molecule has 0 atom stereocenters. The van der Waals surface area contributed by atoms with Crippen LogP contribution in [0, 0.1) is 0 Å². The summed E-state index contributed by atoms with van der Waals surface area (Å²) in [4.78, 5) is 12.7. The van der Waals surface area contributed by atoms with Crippen molar-refractivity contribution in [1.82, 2.24) is 10.6 Å². The van der Waals surface area contributed by atoms with E-state index in [2.05, 4.69) is 10.6 Å². The summed E-state index contributed by atoms with van der Waals surface area (Å²) >= 11 is 13.6. The first-order valence-corrected chi connectivity index (χ1v) is 8.06. The first-order chi connectivity index (χ1) is 10.1. The second-order valence-corrected chi connectivity index (χ2v) is 6.25. The van der Waals surface area contributed by atoms with Crippen molar-refractivity contribution >= 4 is 50.5 Å². The molecular formula is C14H16Cl2N2O2S. The summed E-state index contributed by atoms with van der Waals surface area (Å²) in [5.74, 6) is -0.161. The number of benzene rings is 1. The quantitative estimate of drug-likeness (QED) is 0.757. The molecule has 1 aromatic heterocycles. The lowest BCUT2D eigenvalue weighted by molar-refractivity contribution is 0.0958. The molecule has 114 valence electrons. The van der Waals surface area contributed by atoms with Gasteiger partial charge >= 0.3 is 0 Å². The Hall–Kier alpha value is -0.850. The number of nitrogens with one attached hydrogen (secondary N) is 2. The molecule has 0 spiro atoms. The lowest BCUT2D eigenvalue weighted by atomic mass is 10.2. The summed E-state index contributed by atoms with van der Waals surface area (Å²) in [6.45, 7) is 2.63. The molecule has 0 fully saturated rings. The maximum absolute atomic E-state index is 12.1. The van der Waals surface area contributed by atoms with E-state index in [0.29, 0.717) is 34.6 Å². The van der Waals surface area contributed by atoms with E-state index in [1.165, 1.54) is 11.3 Å². The van der Waals surface area contributed by atoms with Gasteiger partial charge in [-0.15, -0.1) is 11.3 Å². The number of carbonyl (C=O) groups is 1. The third kappa shape index (κ3) is 4.31. The van der Waals surface area contributed by atoms with E-state index in [9.17, 15) is 4.79 Å². The van der Waals surface area contributed by atoms with Crippen LogP contribution in [-0.4, -0.2) is 39.3 Å². The number of amides is 1. The Morgan fingerprint density at radius 1 is 1.29 bits per heavy atom. The Morgan fingerprint density at radius 3 is 2.86 bits per heavy atom. The van der Waals surface area contributed by atoms with E-state index in [-0.39, 0.29) is 5.91 Å². The third-order valence-corrected chi connectivity index (χ3v) is 4.76. The number of methoxy groups -OCH3 is 1. The van der Waals surface area contributed by atoms with E-state index >= 15 is 0 Å². The normalized spacial score (nSPS) is 11.0. The minimum Gasteiger partial charge on any atom is -0.383 e. The van der Waals surface area contributed by atoms with Gasteiger partial charge in [-0.3, -0.25) is 4.79 Å². The smallest absolute Gasteiger partial charge is 0.262 e. The summed E-state index contributed by atoms with van der Waals surface area (Å²) < 4.78 is 5.83. The Balaban J connectivity index is 1.95. The van der Waals surface area contributed by atoms with Crippen molar-refractivity contribution in [3.8, 4) is 0 Å². The van der Waals surface area contributed by atoms with Crippen molar-refractivity contribution in [3.63, 3.8) is 0 Å². The number of hydrogen-bond acceptors (Lipinski definition) is 4. The number of fused-ring (bicyclic) bond motifs is 1. The molecule has 0 unspecified atom stereocenters. The van der Waals surface area contributed by atoms with Crippen LogP contribution in [0.15, 0.2) is 18.2 Å². The second-order valence-electron chi connectivity index (χ2n) is 4.38. The molecule has 0 saturated carbocycles. The molecule has 0 saturated heterocycles. The standard InChI is InChI=1S/C14H16Cl2N2O2S/c1-20-7-6-17-4-5-18-14(19)13-12(16)10-3-2-9(15)8-11(10)21-13/h2-3,8,17H,4-7H2,1H3,(H,18,19). The van der Waals surface area contributed by atoms with Crippen molar-refractivity contribution in [1.29, 1.82) is 0 Å². The fourth-order valence-corrected chi connectivity index (χ4v) is 3.54. The van der Waals surface area contributed by atoms with E-state index in [0.717, 1.165) is 16.6 Å². The lowest BCUT2D eigenvalue weighted by Gasteiger charge is -2.05. The van der Waals surface area contributed by atoms with Gasteiger partial charge in [0.25, 0.3) is 5.91 Å². The highest BCUT2D eigenvalue weighted by Gasteiger charge is 2.16. The van der Waals surface area contributed by atoms with E-state index in [1.54, 1.807) is 13.2 Å². The van der Waals surface area contributed by atoms with Gasteiger partial charge in [0.05, 0.1) is 11.6 Å². The maximum Gasteiger partial charge on any atom is 0.262 e. The second kappa shape index (κ2) is 7.96. The maximum atomic E-state index is 12.1. The van der Waals surface area contributed by atoms with Crippen LogP contribution < -0.4 is 10.6 Å². The van der Waals surface area contributed by atoms with Crippen LogP contribution in [-0.2, 0) is 4.74 Å². The van der Waals surface area contributed by atoms with Crippen LogP contribution >= 0.6 is 34.5 Å². The fraction of sp³-hybridized carbons (Fsp3) is 0.357. The molecule has 4 nitrogen and oxygen atoms in total. The molecule has 2 N–H and O–H groups in total. The van der Waals surface area contributed by atoms with Gasteiger partial charge in [0.15, 0.2) is 0 Å². The molecule has 0 aliphatic rings. The molecule has 0 aliphatic heterocycles. The van der Waals surface area contributed by atoms with Gasteiger partial charge in [0.2, 0.25) is 0 Å². The highest BCUT2D eigenvalue weighted by Crippen LogP contribution is 2.36. The molecule has 0 bridgehead atoms. The Bertz CT molecular complexity index is 631. The molecular weight excluding hydrogens is 331 g/mol. The first-order valence-electron chi connectivity index (χ1n) is 6.49. The molecule has 2 rings (SSSR count). The Kier molecular flexibility index (Phi) is 6.26. The van der Waals surface area contributed by atoms with Gasteiger partial charge in [-0.1, -0.05) is 29.3 Å². The third-order valence-electron chi connectivity index (χ3n) is 2.87. The molecule has 2 aromatic rings. The zero-order valence-electron chi connectivity index (χ0n) is 11.5. The highest BCUT2D eigenvalue weighted by molar-refractivity contribution is 7.21. The summed E-state index contributed by atoms with van der Waals surface area (Å²) in [7, 11) is 1.65. The largest absolute Gasteiger partial charge is 0.383 e. The number of rotatable bonds is 7. The van der Waals surface area contributed by atoms with Gasteiger partial charge in [-0.2, -0.15) is 0 Å². The molecule has 0 aliphatic carbocycles. The van der Waals surface area contributed by atoms with Crippen LogP contribution in [0.2, 0.25) is 10.0 Å². The number of thiophene rings is 1. The Labute approximate surface area is 137 Å². The van der Waals surface area contributed by atoms with Gasteiger partial charge in [0, 0.05) is 41.9 Å². The Morgan fingerprint density at radius 2 is 2.10 bits per heavy atom. The highest BCUT2D eigenvalue weighted by atomic mass is 35.5. The number of carbonyl (C=O) groups excluding carboxylic acids is 1. The van der Waals surface area contributed by atoms with Crippen molar-refractivity contribution < 1.29 is 9.53 Å². The van der Waals surface area contributed by atoms with Gasteiger partial charge < -0.3 is 15.4 Å². The van der Waals surface area contributed by atoms with Crippen molar-refractivity contribution in [2.75, 3.05) is 33.4 Å². The number of hydrogen-bond donors (Lipinski definition) is 2. The van der Waals surface area contributed by atoms with Crippen molar-refractivity contribution in [2.24, 2.45) is 0 Å². The zero-order valence-corrected chi connectivity index (χ0v) is 13.9. The fourth-order valence-electron chi connectivity index (χ4n) is 1.83. The van der Waals surface area contributed by atoms with Crippen LogP contribution in [0.3, 0.4) is 0 Å². The van der Waals surface area contributed by atoms with Crippen LogP contribution in [0.4, 0.5) is 0 Å². The predicted molar refractivity (Wildman–Crippen MR) is 88.9 cm³/mol. The summed E-state index contributed by atoms with van der Waals surface area (Å²) in [6.07, 6.45) is 0. The zero-order chi connectivity index (χ0) is 15.2. The molecule has 1 heterocycles. The molecule has 21 heavy (non-hydrogen) atoms. The van der Waals surface area contributed by atoms with Crippen molar-refractivity contribution in [3.05, 3.63) is 33.1 Å². The molecule has 1 amide bonds. The van der Waals surface area contributed by atoms with Crippen molar-refractivity contribution in [2.45, 2.75) is 0 Å². The monoisotopic (exact) mass is 346 g/mol. The molecule has 0 radical (unpaired) electrons. The topological polar surface area (TPSA) is 50.4 Å². The SMILES string of the molecule is COCCNCCNC(=O)c1sc2cc(Cl)ccc2c1Cl. The number of ether oxygens (including phenoxy) is 1. The molecule has 7 heteroatoms. The average Bonchev–Trinajstić information content (AvgIpc) is 2.79. The minimum absolute atomic E-state index is 0.161. The minimum atomic E-state index is -0.161. The van der Waals surface area contributed by atoms with Crippen LogP contribution in [0.25, 0.3) is 10.1 Å². The van der Waals surface area contributed by atoms with Gasteiger partial charge in [-0.25, -0.2) is 0 Å². The van der Waals surface area contributed by atoms with E-state index in [4.69, 9.17) is 27.9 Å². The van der Waals surface area contributed by atoms with Gasteiger partial charge in [0.1, 0.15) is 4.88 Å². The van der Waals surface area contributed by atoms with E-state index in [1.807, 2.05) is 12.1 Å². The van der Waals surface area contributed by atoms with E-state index < -0.39 is 0 Å².